The summed E-state index contributed by atoms with van der Waals surface area (Å²) in [5, 5.41) is 0. The SMILES string of the molecule is O=P([O-])([O-])[O-].O=P([O-])([O-])[O-].[Bi+3].[Fe+2].[Li+]. The van der Waals surface area contributed by atoms with Gasteiger partial charge in [0, 0.05) is 0 Å². The summed E-state index contributed by atoms with van der Waals surface area (Å²) < 4.78 is 17.1. The summed E-state index contributed by atoms with van der Waals surface area (Å²) in [4.78, 5) is 51.3. The molecule has 0 aliphatic heterocycles. The molecule has 0 fully saturated rings. The van der Waals surface area contributed by atoms with Crippen molar-refractivity contribution < 1.29 is 74.4 Å². The second-order valence-corrected chi connectivity index (χ2v) is 2.68. The van der Waals surface area contributed by atoms with Gasteiger partial charge in [0.1, 0.15) is 0 Å². The Morgan fingerprint density at radius 3 is 0.692 bits per heavy atom. The van der Waals surface area contributed by atoms with Crippen molar-refractivity contribution >= 4 is 41.8 Å². The predicted octanol–water partition coefficient (Wildman–Crippen LogP) is -9.03. The maximum Gasteiger partial charge on any atom is 3.00 e. The molecule has 0 aromatic carbocycles. The quantitative estimate of drug-likeness (QED) is 0.252. The van der Waals surface area contributed by atoms with Crippen LogP contribution in [-0.2, 0) is 26.2 Å². The molecule has 0 spiro atoms. The van der Waals surface area contributed by atoms with E-state index in [0.29, 0.717) is 0 Å². The van der Waals surface area contributed by atoms with Crippen molar-refractivity contribution in [3.05, 3.63) is 0 Å². The molecule has 0 bridgehead atoms. The number of rotatable bonds is 0. The van der Waals surface area contributed by atoms with Gasteiger partial charge in [0.05, 0.1) is 0 Å². The maximum atomic E-state index is 8.55. The van der Waals surface area contributed by atoms with E-state index in [1.807, 2.05) is 0 Å². The molecule has 13 heteroatoms. The van der Waals surface area contributed by atoms with Crippen molar-refractivity contribution in [1.29, 1.82) is 0 Å². The van der Waals surface area contributed by atoms with Crippen molar-refractivity contribution in [1.82, 2.24) is 0 Å². The molecule has 0 saturated heterocycles. The first-order chi connectivity index (χ1) is 4.00. The van der Waals surface area contributed by atoms with Gasteiger partial charge in [0.2, 0.25) is 0 Å². The molecule has 72 valence electrons. The molecule has 0 aliphatic rings. The van der Waals surface area contributed by atoms with Crippen LogP contribution in [0.5, 0.6) is 0 Å². The molecule has 0 aromatic heterocycles. The van der Waals surface area contributed by atoms with Gasteiger partial charge in [-0.3, -0.25) is 0 Å². The molecule has 0 unspecified atom stereocenters. The Hall–Kier alpha value is 2.22. The van der Waals surface area contributed by atoms with Gasteiger partial charge in [0.15, 0.2) is 0 Å². The Kier molecular flexibility index (Phi) is 27.9. The summed E-state index contributed by atoms with van der Waals surface area (Å²) in [6.45, 7) is 0. The maximum absolute atomic E-state index is 8.55. The van der Waals surface area contributed by atoms with Gasteiger partial charge in [-0.25, -0.2) is 0 Å². The second kappa shape index (κ2) is 12.3. The van der Waals surface area contributed by atoms with E-state index >= 15 is 0 Å². The van der Waals surface area contributed by atoms with Crippen LogP contribution in [0.15, 0.2) is 0 Å². The monoisotopic (exact) mass is 462 g/mol. The van der Waals surface area contributed by atoms with Crippen LogP contribution in [0.2, 0.25) is 0 Å². The third-order valence-electron chi connectivity index (χ3n) is 0. The zero-order valence-electron chi connectivity index (χ0n) is 5.96. The van der Waals surface area contributed by atoms with Gasteiger partial charge in [-0.05, 0) is 0 Å². The molecule has 0 aromatic rings. The molecule has 0 N–H and O–H groups in total. The molecule has 0 aliphatic carbocycles. The summed E-state index contributed by atoms with van der Waals surface area (Å²) >= 11 is 0. The normalized spacial score (nSPS) is 9.08. The predicted molar refractivity (Wildman–Crippen MR) is 21.0 cm³/mol. The van der Waals surface area contributed by atoms with Gasteiger partial charge in [0.25, 0.3) is 0 Å². The Balaban J connectivity index is -0.0000000267. The number of hydrogen-bond donors (Lipinski definition) is 0. The van der Waals surface area contributed by atoms with E-state index in [9.17, 15) is 0 Å². The Labute approximate surface area is 115 Å². The number of hydrogen-bond acceptors (Lipinski definition) is 8. The standard InChI is InChI=1S/Bi.Fe.Li.2H3O4P/c;;;2*1-5(2,3)4/h;;;2*(H3,1,2,3,4)/q+3;+2;+1;;/p-6. The van der Waals surface area contributed by atoms with E-state index in [0.717, 1.165) is 0 Å². The van der Waals surface area contributed by atoms with Crippen LogP contribution in [0, 0.1) is 0 Å². The average molecular weight is 462 g/mol. The van der Waals surface area contributed by atoms with Crippen LogP contribution < -0.4 is 48.2 Å². The third kappa shape index (κ3) is 431. The first kappa shape index (κ1) is 29.5. The molecular formula is BiFeLiO8P2. The van der Waals surface area contributed by atoms with Gasteiger partial charge in [-0.1, -0.05) is 0 Å². The molecule has 0 amide bonds. The summed E-state index contributed by atoms with van der Waals surface area (Å²) in [7, 11) is -10.8. The van der Waals surface area contributed by atoms with E-state index in [1.54, 1.807) is 0 Å². The first-order valence-corrected chi connectivity index (χ1v) is 4.38. The van der Waals surface area contributed by atoms with Crippen LogP contribution in [0.3, 0.4) is 0 Å². The van der Waals surface area contributed by atoms with Crippen LogP contribution in [0.4, 0.5) is 0 Å². The van der Waals surface area contributed by atoms with Crippen molar-refractivity contribution in [2.24, 2.45) is 0 Å². The van der Waals surface area contributed by atoms with E-state index in [2.05, 4.69) is 0 Å². The summed E-state index contributed by atoms with van der Waals surface area (Å²) in [5.74, 6) is 0. The van der Waals surface area contributed by atoms with Crippen molar-refractivity contribution in [2.75, 3.05) is 0 Å². The van der Waals surface area contributed by atoms with Crippen LogP contribution in [-0.4, -0.2) is 26.2 Å². The Bertz CT molecular complexity index is 134. The minimum Gasteiger partial charge on any atom is -0.822 e. The zero-order chi connectivity index (χ0) is 9.00. The van der Waals surface area contributed by atoms with Crippen molar-refractivity contribution in [3.8, 4) is 0 Å². The molecule has 0 heterocycles. The molecule has 13 heavy (non-hydrogen) atoms. The van der Waals surface area contributed by atoms with Gasteiger partial charge in [-0.15, -0.1) is 0 Å². The molecular weight excluding hydrogens is 462 g/mol. The summed E-state index contributed by atoms with van der Waals surface area (Å²) in [5.41, 5.74) is 0. The first-order valence-electron chi connectivity index (χ1n) is 1.46. The average Bonchev–Trinajstić information content (AvgIpc) is 1.12. The van der Waals surface area contributed by atoms with E-state index in [4.69, 9.17) is 38.5 Å². The zero-order valence-corrected chi connectivity index (χ0v) is 12.3. The fourth-order valence-corrected chi connectivity index (χ4v) is 0. The van der Waals surface area contributed by atoms with Gasteiger partial charge < -0.3 is 38.5 Å². The van der Waals surface area contributed by atoms with E-state index in [1.165, 1.54) is 0 Å². The second-order valence-electron chi connectivity index (χ2n) is 0.894. The van der Waals surface area contributed by atoms with Crippen molar-refractivity contribution in [3.63, 3.8) is 0 Å². The minimum atomic E-state index is -5.39. The molecule has 0 atom stereocenters. The van der Waals surface area contributed by atoms with E-state index in [-0.39, 0.29) is 62.1 Å². The van der Waals surface area contributed by atoms with Crippen LogP contribution >= 0.6 is 15.6 Å². The topological polar surface area (TPSA) is 172 Å². The Morgan fingerprint density at radius 2 is 0.692 bits per heavy atom. The summed E-state index contributed by atoms with van der Waals surface area (Å²) in [6, 6.07) is 0. The Morgan fingerprint density at radius 1 is 0.692 bits per heavy atom. The fourth-order valence-electron chi connectivity index (χ4n) is 0. The van der Waals surface area contributed by atoms with Gasteiger partial charge in [-0.2, -0.15) is 15.6 Å². The van der Waals surface area contributed by atoms with Gasteiger partial charge >= 0.3 is 62.1 Å². The van der Waals surface area contributed by atoms with Crippen LogP contribution in [0.1, 0.15) is 0 Å². The smallest absolute Gasteiger partial charge is 0.822 e. The van der Waals surface area contributed by atoms with Crippen LogP contribution in [0.25, 0.3) is 0 Å². The third-order valence-corrected chi connectivity index (χ3v) is 0. The molecule has 8 nitrogen and oxygen atoms in total. The summed E-state index contributed by atoms with van der Waals surface area (Å²) in [6.07, 6.45) is 0. The molecule has 0 saturated carbocycles. The van der Waals surface area contributed by atoms with Crippen molar-refractivity contribution in [2.45, 2.75) is 0 Å². The number of phosphoric acid groups is 2. The largest absolute Gasteiger partial charge is 3.00 e. The minimum absolute atomic E-state index is 0. The molecule has 0 rings (SSSR count). The molecule has 2 radical (unpaired) electrons. The fraction of sp³-hybridized carbons (Fsp3) is 0. The van der Waals surface area contributed by atoms with E-state index < -0.39 is 15.6 Å².